The fourth-order valence-corrected chi connectivity index (χ4v) is 2.49. The number of nitrogens with one attached hydrogen (secondary N) is 1. The van der Waals surface area contributed by atoms with Crippen LogP contribution in [0.15, 0.2) is 0 Å². The molecular formula is C10H18N2O2. The van der Waals surface area contributed by atoms with Gasteiger partial charge in [-0.25, -0.2) is 0 Å². The van der Waals surface area contributed by atoms with Crippen LogP contribution in [0.1, 0.15) is 19.3 Å². The zero-order chi connectivity index (χ0) is 9.97. The number of hydrogen-bond acceptors (Lipinski definition) is 3. The molecule has 0 unspecified atom stereocenters. The minimum absolute atomic E-state index is 0.186. The van der Waals surface area contributed by atoms with Gasteiger partial charge in [0.1, 0.15) is 0 Å². The fourth-order valence-electron chi connectivity index (χ4n) is 2.49. The summed E-state index contributed by atoms with van der Waals surface area (Å²) >= 11 is 0. The van der Waals surface area contributed by atoms with Crippen LogP contribution in [0, 0.1) is 5.92 Å². The van der Waals surface area contributed by atoms with E-state index in [0.29, 0.717) is 12.6 Å². The third kappa shape index (κ3) is 2.07. The van der Waals surface area contributed by atoms with Crippen LogP contribution in [-0.2, 0) is 4.79 Å². The van der Waals surface area contributed by atoms with Crippen LogP contribution in [0.25, 0.3) is 0 Å². The second-order valence-corrected chi connectivity index (χ2v) is 4.33. The van der Waals surface area contributed by atoms with Gasteiger partial charge in [0.25, 0.3) is 0 Å². The predicted molar refractivity (Wildman–Crippen MR) is 53.2 cm³/mol. The van der Waals surface area contributed by atoms with Gasteiger partial charge in [0.2, 0.25) is 0 Å². The Morgan fingerprint density at radius 2 is 2.00 bits per heavy atom. The second-order valence-electron chi connectivity index (χ2n) is 4.33. The number of piperidine rings is 1. The summed E-state index contributed by atoms with van der Waals surface area (Å²) in [5, 5.41) is 12.2. The van der Waals surface area contributed by atoms with Crippen molar-refractivity contribution in [2.75, 3.05) is 26.2 Å². The van der Waals surface area contributed by atoms with Gasteiger partial charge in [-0.2, -0.15) is 0 Å². The van der Waals surface area contributed by atoms with Gasteiger partial charge in [-0.3, -0.25) is 9.69 Å². The SMILES string of the molecule is O=C(O)[C@H]1CNC[C@H](N2CCCC2)C1. The lowest BCUT2D eigenvalue weighted by molar-refractivity contribution is -0.142. The number of rotatable bonds is 2. The quantitative estimate of drug-likeness (QED) is 0.663. The molecule has 0 spiro atoms. The van der Waals surface area contributed by atoms with Gasteiger partial charge >= 0.3 is 5.97 Å². The molecule has 2 atom stereocenters. The van der Waals surface area contributed by atoms with Crippen LogP contribution in [0.4, 0.5) is 0 Å². The lowest BCUT2D eigenvalue weighted by Gasteiger charge is -2.34. The molecule has 4 nitrogen and oxygen atoms in total. The topological polar surface area (TPSA) is 52.6 Å². The van der Waals surface area contributed by atoms with Gasteiger partial charge in [0.15, 0.2) is 0 Å². The lowest BCUT2D eigenvalue weighted by Crippen LogP contribution is -2.49. The van der Waals surface area contributed by atoms with Crippen molar-refractivity contribution in [2.45, 2.75) is 25.3 Å². The molecule has 0 aromatic heterocycles. The van der Waals surface area contributed by atoms with Crippen molar-refractivity contribution in [3.05, 3.63) is 0 Å². The first-order chi connectivity index (χ1) is 6.77. The van der Waals surface area contributed by atoms with E-state index in [2.05, 4.69) is 10.2 Å². The van der Waals surface area contributed by atoms with E-state index in [1.165, 1.54) is 12.8 Å². The number of nitrogens with zero attached hydrogens (tertiary/aromatic N) is 1. The van der Waals surface area contributed by atoms with E-state index < -0.39 is 5.97 Å². The van der Waals surface area contributed by atoms with Crippen molar-refractivity contribution in [1.29, 1.82) is 0 Å². The largest absolute Gasteiger partial charge is 0.481 e. The molecule has 2 aliphatic rings. The molecule has 4 heteroatoms. The Balaban J connectivity index is 1.89. The Morgan fingerprint density at radius 1 is 1.29 bits per heavy atom. The van der Waals surface area contributed by atoms with Crippen LogP contribution < -0.4 is 5.32 Å². The van der Waals surface area contributed by atoms with E-state index >= 15 is 0 Å². The first-order valence-electron chi connectivity index (χ1n) is 5.45. The van der Waals surface area contributed by atoms with E-state index in [0.717, 1.165) is 26.1 Å². The van der Waals surface area contributed by atoms with Gasteiger partial charge in [-0.05, 0) is 32.4 Å². The number of carbonyl (C=O) groups is 1. The minimum atomic E-state index is -0.651. The normalized spacial score (nSPS) is 34.6. The van der Waals surface area contributed by atoms with E-state index in [1.807, 2.05) is 0 Å². The first-order valence-corrected chi connectivity index (χ1v) is 5.45. The summed E-state index contributed by atoms with van der Waals surface area (Å²) in [6.07, 6.45) is 3.37. The molecule has 2 rings (SSSR count). The molecule has 2 saturated heterocycles. The zero-order valence-electron chi connectivity index (χ0n) is 8.41. The Labute approximate surface area is 84.3 Å². The molecule has 0 amide bonds. The van der Waals surface area contributed by atoms with Gasteiger partial charge in [-0.1, -0.05) is 0 Å². The smallest absolute Gasteiger partial charge is 0.307 e. The molecular weight excluding hydrogens is 180 g/mol. The van der Waals surface area contributed by atoms with Crippen molar-refractivity contribution < 1.29 is 9.90 Å². The van der Waals surface area contributed by atoms with E-state index in [1.54, 1.807) is 0 Å². The molecule has 2 heterocycles. The summed E-state index contributed by atoms with van der Waals surface area (Å²) in [4.78, 5) is 13.3. The molecule has 0 saturated carbocycles. The zero-order valence-corrected chi connectivity index (χ0v) is 8.41. The molecule has 2 N–H and O–H groups in total. The molecule has 0 bridgehead atoms. The van der Waals surface area contributed by atoms with Crippen LogP contribution in [0.5, 0.6) is 0 Å². The average Bonchev–Trinajstić information content (AvgIpc) is 2.71. The number of carboxylic acid groups (broad SMARTS) is 1. The van der Waals surface area contributed by atoms with E-state index in [4.69, 9.17) is 5.11 Å². The summed E-state index contributed by atoms with van der Waals surface area (Å²) in [6, 6.07) is 0.451. The Morgan fingerprint density at radius 3 is 2.64 bits per heavy atom. The minimum Gasteiger partial charge on any atom is -0.481 e. The standard InChI is InChI=1S/C10H18N2O2/c13-10(14)8-5-9(7-11-6-8)12-3-1-2-4-12/h8-9,11H,1-7H2,(H,13,14)/t8-,9-/m1/s1. The lowest BCUT2D eigenvalue weighted by atomic mass is 9.95. The predicted octanol–water partition coefficient (Wildman–Crippen LogP) is 0.145. The van der Waals surface area contributed by atoms with Crippen LogP contribution in [0.3, 0.4) is 0 Å². The van der Waals surface area contributed by atoms with Crippen LogP contribution >= 0.6 is 0 Å². The highest BCUT2D eigenvalue weighted by atomic mass is 16.4. The molecule has 14 heavy (non-hydrogen) atoms. The molecule has 0 aliphatic carbocycles. The van der Waals surface area contributed by atoms with Crippen molar-refractivity contribution >= 4 is 5.97 Å². The van der Waals surface area contributed by atoms with Crippen LogP contribution in [-0.4, -0.2) is 48.2 Å². The number of carboxylic acids is 1. The van der Waals surface area contributed by atoms with E-state index in [9.17, 15) is 4.79 Å². The number of aliphatic carboxylic acids is 1. The highest BCUT2D eigenvalue weighted by molar-refractivity contribution is 5.70. The highest BCUT2D eigenvalue weighted by Gasteiger charge is 2.31. The number of likely N-dealkylation sites (tertiary alicyclic amines) is 1. The van der Waals surface area contributed by atoms with Crippen molar-refractivity contribution in [2.24, 2.45) is 5.92 Å². The molecule has 0 aromatic carbocycles. The molecule has 0 aromatic rings. The maximum Gasteiger partial charge on any atom is 0.307 e. The van der Waals surface area contributed by atoms with E-state index in [-0.39, 0.29) is 5.92 Å². The van der Waals surface area contributed by atoms with Crippen molar-refractivity contribution in [1.82, 2.24) is 10.2 Å². The Hall–Kier alpha value is -0.610. The Bertz CT molecular complexity index is 214. The molecule has 0 radical (unpaired) electrons. The van der Waals surface area contributed by atoms with Crippen molar-refractivity contribution in [3.8, 4) is 0 Å². The maximum absolute atomic E-state index is 10.9. The van der Waals surface area contributed by atoms with Gasteiger partial charge in [-0.15, -0.1) is 0 Å². The first kappa shape index (κ1) is 9.93. The maximum atomic E-state index is 10.9. The monoisotopic (exact) mass is 198 g/mol. The summed E-state index contributed by atoms with van der Waals surface area (Å²) < 4.78 is 0. The average molecular weight is 198 g/mol. The fraction of sp³-hybridized carbons (Fsp3) is 0.900. The molecule has 80 valence electrons. The summed E-state index contributed by atoms with van der Waals surface area (Å²) in [5.41, 5.74) is 0. The summed E-state index contributed by atoms with van der Waals surface area (Å²) in [6.45, 7) is 3.90. The number of hydrogen-bond donors (Lipinski definition) is 2. The van der Waals surface area contributed by atoms with Crippen molar-refractivity contribution in [3.63, 3.8) is 0 Å². The van der Waals surface area contributed by atoms with Gasteiger partial charge in [0.05, 0.1) is 5.92 Å². The second kappa shape index (κ2) is 4.28. The third-order valence-corrected chi connectivity index (χ3v) is 3.33. The molecule has 2 aliphatic heterocycles. The summed E-state index contributed by atoms with van der Waals surface area (Å²) in [7, 11) is 0. The third-order valence-electron chi connectivity index (χ3n) is 3.33. The molecule has 2 fully saturated rings. The van der Waals surface area contributed by atoms with Gasteiger partial charge in [0, 0.05) is 19.1 Å². The highest BCUT2D eigenvalue weighted by Crippen LogP contribution is 2.20. The Kier molecular flexibility index (Phi) is 3.03. The van der Waals surface area contributed by atoms with Crippen LogP contribution in [0.2, 0.25) is 0 Å². The summed E-state index contributed by atoms with van der Waals surface area (Å²) in [5.74, 6) is -0.837. The van der Waals surface area contributed by atoms with Gasteiger partial charge < -0.3 is 10.4 Å².